The fraction of sp³-hybridized carbons (Fsp3) is 0.889. The molecule has 1 rings (SSSR count). The Hall–Kier alpha value is -0.220. The summed E-state index contributed by atoms with van der Waals surface area (Å²) < 4.78 is 0. The van der Waals surface area contributed by atoms with Crippen LogP contribution < -0.4 is 10.0 Å². The van der Waals surface area contributed by atoms with Gasteiger partial charge in [-0.3, -0.25) is 0 Å². The van der Waals surface area contributed by atoms with Gasteiger partial charge in [0.25, 0.3) is 0 Å². The van der Waals surface area contributed by atoms with Crippen LogP contribution in [0.3, 0.4) is 0 Å². The largest absolute Gasteiger partial charge is 0.550 e. The molecule has 0 unspecified atom stereocenters. The zero-order valence-corrected chi connectivity index (χ0v) is 8.70. The normalized spacial score (nSPS) is 17.8. The molecule has 1 saturated heterocycles. The summed E-state index contributed by atoms with van der Waals surface area (Å²) in [5.41, 5.74) is 0. The van der Waals surface area contributed by atoms with Crippen molar-refractivity contribution in [2.75, 3.05) is 31.1 Å². The maximum Gasteiger partial charge on any atom is 0.0862 e. The summed E-state index contributed by atoms with van der Waals surface area (Å²) in [6.07, 6.45) is 2.91. The lowest BCUT2D eigenvalue weighted by molar-refractivity contribution is -0.884. The van der Waals surface area contributed by atoms with Gasteiger partial charge >= 0.3 is 0 Å². The summed E-state index contributed by atoms with van der Waals surface area (Å²) >= 11 is 1.73. The van der Waals surface area contributed by atoms with E-state index < -0.39 is 5.97 Å². The van der Waals surface area contributed by atoms with Crippen molar-refractivity contribution in [2.24, 2.45) is 0 Å². The Bertz CT molecular complexity index is 158. The Kier molecular flexibility index (Phi) is 5.23. The molecule has 13 heavy (non-hydrogen) atoms. The quantitative estimate of drug-likeness (QED) is 0.537. The standard InChI is InChI=1S/C9H17NO2S/c11-9(12)3-7-13-8-6-10-4-1-2-5-10/h1-8H2,(H,11,12). The third-order valence-corrected chi connectivity index (χ3v) is 3.35. The molecule has 1 fully saturated rings. The second-order valence-electron chi connectivity index (χ2n) is 3.44. The zero-order chi connectivity index (χ0) is 9.52. The lowest BCUT2D eigenvalue weighted by Gasteiger charge is -2.11. The van der Waals surface area contributed by atoms with Crippen LogP contribution in [0.4, 0.5) is 0 Å². The molecule has 3 nitrogen and oxygen atoms in total. The molecule has 0 radical (unpaired) electrons. The van der Waals surface area contributed by atoms with E-state index in [1.54, 1.807) is 16.7 Å². The van der Waals surface area contributed by atoms with Crippen molar-refractivity contribution in [1.29, 1.82) is 0 Å². The van der Waals surface area contributed by atoms with E-state index in [9.17, 15) is 9.90 Å². The Morgan fingerprint density at radius 2 is 2.00 bits per heavy atom. The Balaban J connectivity index is 1.86. The minimum Gasteiger partial charge on any atom is -0.550 e. The first-order chi connectivity index (χ1) is 6.29. The van der Waals surface area contributed by atoms with Gasteiger partial charge in [-0.2, -0.15) is 11.8 Å². The molecule has 4 heteroatoms. The summed E-state index contributed by atoms with van der Waals surface area (Å²) in [4.78, 5) is 11.8. The third-order valence-electron chi connectivity index (χ3n) is 2.36. The maximum atomic E-state index is 10.1. The van der Waals surface area contributed by atoms with Gasteiger partial charge in [0.1, 0.15) is 0 Å². The van der Waals surface area contributed by atoms with Gasteiger partial charge in [0.05, 0.1) is 19.6 Å². The van der Waals surface area contributed by atoms with Crippen LogP contribution in [0.2, 0.25) is 0 Å². The molecule has 0 spiro atoms. The lowest BCUT2D eigenvalue weighted by atomic mass is 10.4. The molecule has 0 aromatic carbocycles. The number of nitrogens with one attached hydrogen (secondary N) is 1. The molecule has 0 bridgehead atoms. The average molecular weight is 203 g/mol. The van der Waals surface area contributed by atoms with Gasteiger partial charge in [-0.15, -0.1) is 0 Å². The number of likely N-dealkylation sites (tertiary alicyclic amines) is 1. The van der Waals surface area contributed by atoms with E-state index in [2.05, 4.69) is 0 Å². The molecule has 1 aliphatic rings. The predicted octanol–water partition coefficient (Wildman–Crippen LogP) is -1.46. The molecule has 1 N–H and O–H groups in total. The highest BCUT2D eigenvalue weighted by Crippen LogP contribution is 1.99. The first-order valence-electron chi connectivity index (χ1n) is 4.90. The van der Waals surface area contributed by atoms with Crippen LogP contribution in [0.15, 0.2) is 0 Å². The molecule has 0 aromatic heterocycles. The third kappa shape index (κ3) is 5.16. The number of carboxylic acid groups (broad SMARTS) is 1. The van der Waals surface area contributed by atoms with E-state index in [1.807, 2.05) is 0 Å². The van der Waals surface area contributed by atoms with E-state index in [4.69, 9.17) is 0 Å². The van der Waals surface area contributed by atoms with Crippen molar-refractivity contribution in [1.82, 2.24) is 0 Å². The van der Waals surface area contributed by atoms with Gasteiger partial charge in [0.2, 0.25) is 0 Å². The summed E-state index contributed by atoms with van der Waals surface area (Å²) in [5, 5.41) is 10.1. The predicted molar refractivity (Wildman–Crippen MR) is 51.7 cm³/mol. The second kappa shape index (κ2) is 6.27. The minimum atomic E-state index is -0.930. The first-order valence-corrected chi connectivity index (χ1v) is 6.05. The van der Waals surface area contributed by atoms with Crippen molar-refractivity contribution in [3.8, 4) is 0 Å². The van der Waals surface area contributed by atoms with Crippen LogP contribution in [0.1, 0.15) is 19.3 Å². The number of hydrogen-bond donors (Lipinski definition) is 1. The van der Waals surface area contributed by atoms with Gasteiger partial charge in [-0.1, -0.05) is 0 Å². The fourth-order valence-electron chi connectivity index (χ4n) is 1.60. The van der Waals surface area contributed by atoms with Crippen LogP contribution in [0.25, 0.3) is 0 Å². The number of rotatable bonds is 6. The molecule has 1 heterocycles. The number of carboxylic acids is 1. The minimum absolute atomic E-state index is 0.194. The van der Waals surface area contributed by atoms with Crippen molar-refractivity contribution in [3.05, 3.63) is 0 Å². The van der Waals surface area contributed by atoms with E-state index >= 15 is 0 Å². The number of thioether (sulfide) groups is 1. The van der Waals surface area contributed by atoms with Crippen molar-refractivity contribution in [2.45, 2.75) is 19.3 Å². The Morgan fingerprint density at radius 1 is 1.31 bits per heavy atom. The molecule has 76 valence electrons. The summed E-state index contributed by atoms with van der Waals surface area (Å²) in [5.74, 6) is 0.860. The second-order valence-corrected chi connectivity index (χ2v) is 4.67. The molecule has 0 saturated carbocycles. The summed E-state index contributed by atoms with van der Waals surface area (Å²) in [6, 6.07) is 0. The number of aliphatic carboxylic acids is 1. The number of hydrogen-bond acceptors (Lipinski definition) is 3. The maximum absolute atomic E-state index is 10.1. The van der Waals surface area contributed by atoms with Crippen LogP contribution in [0.5, 0.6) is 0 Å². The van der Waals surface area contributed by atoms with Crippen molar-refractivity contribution < 1.29 is 14.8 Å². The SMILES string of the molecule is O=C([O-])CCSCC[NH+]1CCCC1. The molecule has 1 aliphatic heterocycles. The topological polar surface area (TPSA) is 44.6 Å². The number of quaternary nitrogens is 1. The van der Waals surface area contributed by atoms with E-state index in [-0.39, 0.29) is 6.42 Å². The monoisotopic (exact) mass is 203 g/mol. The number of carbonyl (C=O) groups is 1. The lowest BCUT2D eigenvalue weighted by Crippen LogP contribution is -3.10. The van der Waals surface area contributed by atoms with Gasteiger partial charge < -0.3 is 14.8 Å². The van der Waals surface area contributed by atoms with E-state index in [0.717, 1.165) is 5.75 Å². The van der Waals surface area contributed by atoms with Crippen molar-refractivity contribution in [3.63, 3.8) is 0 Å². The Labute approximate surface area is 83.5 Å². The van der Waals surface area contributed by atoms with E-state index in [0.29, 0.717) is 5.75 Å². The highest BCUT2D eigenvalue weighted by atomic mass is 32.2. The fourth-order valence-corrected chi connectivity index (χ4v) is 2.55. The molecular weight excluding hydrogens is 186 g/mol. The van der Waals surface area contributed by atoms with Crippen LogP contribution in [-0.4, -0.2) is 37.1 Å². The van der Waals surface area contributed by atoms with Crippen LogP contribution >= 0.6 is 11.8 Å². The zero-order valence-electron chi connectivity index (χ0n) is 7.88. The molecule has 0 aliphatic carbocycles. The molecule has 0 aromatic rings. The summed E-state index contributed by atoms with van der Waals surface area (Å²) in [7, 11) is 0. The Morgan fingerprint density at radius 3 is 2.62 bits per heavy atom. The van der Waals surface area contributed by atoms with Gasteiger partial charge in [0.15, 0.2) is 0 Å². The van der Waals surface area contributed by atoms with Crippen LogP contribution in [-0.2, 0) is 4.79 Å². The highest BCUT2D eigenvalue weighted by Gasteiger charge is 2.13. The molecule has 0 amide bonds. The van der Waals surface area contributed by atoms with Gasteiger partial charge in [-0.25, -0.2) is 0 Å². The van der Waals surface area contributed by atoms with Gasteiger partial charge in [-0.05, 0) is 12.2 Å². The van der Waals surface area contributed by atoms with Crippen molar-refractivity contribution >= 4 is 17.7 Å². The van der Waals surface area contributed by atoms with Crippen LogP contribution in [0, 0.1) is 0 Å². The average Bonchev–Trinajstić information content (AvgIpc) is 2.55. The highest BCUT2D eigenvalue weighted by molar-refractivity contribution is 7.99. The van der Waals surface area contributed by atoms with E-state index in [1.165, 1.54) is 32.5 Å². The van der Waals surface area contributed by atoms with Gasteiger partial charge in [0, 0.05) is 24.6 Å². The first kappa shape index (κ1) is 10.9. The molecule has 0 atom stereocenters. The summed E-state index contributed by atoms with van der Waals surface area (Å²) in [6.45, 7) is 3.81. The smallest absolute Gasteiger partial charge is 0.0862 e. The molecular formula is C9H17NO2S. The number of carbonyl (C=O) groups excluding carboxylic acids is 1.